The van der Waals surface area contributed by atoms with Gasteiger partial charge in [0.15, 0.2) is 0 Å². The van der Waals surface area contributed by atoms with Crippen LogP contribution in [0.5, 0.6) is 0 Å². The lowest BCUT2D eigenvalue weighted by Gasteiger charge is -2.27. The molecule has 0 radical (unpaired) electrons. The molecule has 2 amide bonds. The zero-order valence-electron chi connectivity index (χ0n) is 9.30. The fourth-order valence-corrected chi connectivity index (χ4v) is 1.55. The van der Waals surface area contributed by atoms with Gasteiger partial charge in [-0.15, -0.1) is 0 Å². The fourth-order valence-electron chi connectivity index (χ4n) is 1.55. The zero-order valence-corrected chi connectivity index (χ0v) is 9.30. The molecule has 1 aliphatic heterocycles. The van der Waals surface area contributed by atoms with E-state index in [0.717, 1.165) is 19.4 Å². The first-order chi connectivity index (χ1) is 6.93. The van der Waals surface area contributed by atoms with Gasteiger partial charge >= 0.3 is 0 Å². The van der Waals surface area contributed by atoms with Crippen molar-refractivity contribution in [3.8, 4) is 0 Å². The molecular weight excluding hydrogens is 194 g/mol. The van der Waals surface area contributed by atoms with E-state index in [1.54, 1.807) is 13.8 Å². The van der Waals surface area contributed by atoms with E-state index in [9.17, 15) is 9.59 Å². The Labute approximate surface area is 89.8 Å². The summed E-state index contributed by atoms with van der Waals surface area (Å²) in [6, 6.07) is 0. The molecule has 0 aromatic heterocycles. The highest BCUT2D eigenvalue weighted by Crippen LogP contribution is 2.12. The minimum absolute atomic E-state index is 0.0441. The summed E-state index contributed by atoms with van der Waals surface area (Å²) in [5.41, 5.74) is 4.22. The van der Waals surface area contributed by atoms with Crippen LogP contribution in [0.4, 0.5) is 0 Å². The fraction of sp³-hybridized carbons (Fsp3) is 0.800. The Balaban J connectivity index is 2.50. The molecule has 5 heteroatoms. The number of piperidine rings is 1. The molecule has 1 rings (SSSR count). The van der Waals surface area contributed by atoms with E-state index in [4.69, 9.17) is 5.73 Å². The lowest BCUT2D eigenvalue weighted by atomic mass is 9.96. The molecule has 86 valence electrons. The molecule has 0 unspecified atom stereocenters. The Kier molecular flexibility index (Phi) is 3.68. The van der Waals surface area contributed by atoms with Gasteiger partial charge in [0.25, 0.3) is 0 Å². The number of nitrogens with one attached hydrogen (secondary N) is 2. The average molecular weight is 213 g/mol. The van der Waals surface area contributed by atoms with Gasteiger partial charge in [-0.25, -0.2) is 0 Å². The van der Waals surface area contributed by atoms with E-state index in [-0.39, 0.29) is 11.8 Å². The Morgan fingerprint density at radius 2 is 2.13 bits per heavy atom. The van der Waals surface area contributed by atoms with Crippen LogP contribution < -0.4 is 16.4 Å². The molecule has 1 saturated heterocycles. The summed E-state index contributed by atoms with van der Waals surface area (Å²) >= 11 is 0. The number of nitrogens with two attached hydrogens (primary N) is 1. The molecule has 15 heavy (non-hydrogen) atoms. The smallest absolute Gasteiger partial charge is 0.242 e. The van der Waals surface area contributed by atoms with Gasteiger partial charge in [-0.3, -0.25) is 9.59 Å². The number of primary amides is 1. The Morgan fingerprint density at radius 1 is 1.47 bits per heavy atom. The zero-order chi connectivity index (χ0) is 11.5. The normalized spacial score (nSPS) is 22.1. The summed E-state index contributed by atoms with van der Waals surface area (Å²) in [6.45, 7) is 4.87. The van der Waals surface area contributed by atoms with E-state index in [1.807, 2.05) is 0 Å². The second-order valence-corrected chi connectivity index (χ2v) is 4.52. The van der Waals surface area contributed by atoms with Crippen LogP contribution in [-0.2, 0) is 9.59 Å². The number of amides is 2. The molecule has 0 aromatic rings. The SMILES string of the molecule is CC(C)(NC(=O)[C@@H]1CCCNC1)C(N)=O. The quantitative estimate of drug-likeness (QED) is 0.583. The Morgan fingerprint density at radius 3 is 2.60 bits per heavy atom. The van der Waals surface area contributed by atoms with Gasteiger partial charge in [0, 0.05) is 6.54 Å². The predicted octanol–water partition coefficient (Wildman–Crippen LogP) is -0.634. The predicted molar refractivity (Wildman–Crippen MR) is 57.0 cm³/mol. The summed E-state index contributed by atoms with van der Waals surface area (Å²) < 4.78 is 0. The minimum Gasteiger partial charge on any atom is -0.368 e. The second kappa shape index (κ2) is 4.61. The van der Waals surface area contributed by atoms with E-state index in [2.05, 4.69) is 10.6 Å². The Hall–Kier alpha value is -1.10. The molecular formula is C10H19N3O2. The second-order valence-electron chi connectivity index (χ2n) is 4.52. The van der Waals surface area contributed by atoms with Gasteiger partial charge in [0.05, 0.1) is 5.92 Å². The molecule has 0 saturated carbocycles. The molecule has 0 spiro atoms. The number of hydrogen-bond acceptors (Lipinski definition) is 3. The number of carbonyl (C=O) groups excluding carboxylic acids is 2. The van der Waals surface area contributed by atoms with Crippen LogP contribution in [0.3, 0.4) is 0 Å². The molecule has 1 heterocycles. The van der Waals surface area contributed by atoms with Crippen molar-refractivity contribution in [1.29, 1.82) is 0 Å². The summed E-state index contributed by atoms with van der Waals surface area (Å²) in [5.74, 6) is -0.650. The first kappa shape index (κ1) is 12.0. The van der Waals surface area contributed by atoms with Crippen molar-refractivity contribution in [3.05, 3.63) is 0 Å². The Bertz CT molecular complexity index is 257. The monoisotopic (exact) mass is 213 g/mol. The molecule has 1 fully saturated rings. The summed E-state index contributed by atoms with van der Waals surface area (Å²) in [7, 11) is 0. The average Bonchev–Trinajstić information content (AvgIpc) is 2.18. The molecule has 0 aliphatic carbocycles. The van der Waals surface area contributed by atoms with Crippen molar-refractivity contribution in [1.82, 2.24) is 10.6 Å². The highest BCUT2D eigenvalue weighted by atomic mass is 16.2. The van der Waals surface area contributed by atoms with Crippen LogP contribution >= 0.6 is 0 Å². The van der Waals surface area contributed by atoms with E-state index in [1.165, 1.54) is 0 Å². The maximum absolute atomic E-state index is 11.8. The van der Waals surface area contributed by atoms with Crippen molar-refractivity contribution in [2.75, 3.05) is 13.1 Å². The van der Waals surface area contributed by atoms with Crippen LogP contribution in [0.25, 0.3) is 0 Å². The summed E-state index contributed by atoms with van der Waals surface area (Å²) in [4.78, 5) is 22.8. The van der Waals surface area contributed by atoms with Crippen molar-refractivity contribution in [2.45, 2.75) is 32.2 Å². The topological polar surface area (TPSA) is 84.2 Å². The lowest BCUT2D eigenvalue weighted by molar-refractivity contribution is -0.133. The highest BCUT2D eigenvalue weighted by molar-refractivity contribution is 5.90. The third-order valence-electron chi connectivity index (χ3n) is 2.72. The molecule has 0 aromatic carbocycles. The van der Waals surface area contributed by atoms with E-state index < -0.39 is 11.4 Å². The lowest BCUT2D eigenvalue weighted by Crippen LogP contribution is -2.55. The molecule has 1 atom stereocenters. The van der Waals surface area contributed by atoms with Crippen LogP contribution in [0.1, 0.15) is 26.7 Å². The highest BCUT2D eigenvalue weighted by Gasteiger charge is 2.30. The maximum atomic E-state index is 11.8. The van der Waals surface area contributed by atoms with Gasteiger partial charge in [-0.05, 0) is 33.2 Å². The van der Waals surface area contributed by atoms with Gasteiger partial charge in [-0.2, -0.15) is 0 Å². The molecule has 0 bridgehead atoms. The van der Waals surface area contributed by atoms with Crippen LogP contribution in [0.15, 0.2) is 0 Å². The van der Waals surface area contributed by atoms with Crippen molar-refractivity contribution < 1.29 is 9.59 Å². The van der Waals surface area contributed by atoms with E-state index >= 15 is 0 Å². The summed E-state index contributed by atoms with van der Waals surface area (Å²) in [5, 5.41) is 5.83. The summed E-state index contributed by atoms with van der Waals surface area (Å²) in [6.07, 6.45) is 1.86. The largest absolute Gasteiger partial charge is 0.368 e. The van der Waals surface area contributed by atoms with E-state index in [0.29, 0.717) is 6.54 Å². The molecule has 4 N–H and O–H groups in total. The van der Waals surface area contributed by atoms with Crippen LogP contribution in [0.2, 0.25) is 0 Å². The first-order valence-corrected chi connectivity index (χ1v) is 5.26. The maximum Gasteiger partial charge on any atom is 0.242 e. The number of hydrogen-bond donors (Lipinski definition) is 3. The standard InChI is InChI=1S/C10H19N3O2/c1-10(2,9(11)15)13-8(14)7-4-3-5-12-6-7/h7,12H,3-6H2,1-2H3,(H2,11,15)(H,13,14)/t7-/m1/s1. The van der Waals surface area contributed by atoms with Crippen molar-refractivity contribution in [3.63, 3.8) is 0 Å². The van der Waals surface area contributed by atoms with Gasteiger partial charge in [0.2, 0.25) is 11.8 Å². The molecule has 5 nitrogen and oxygen atoms in total. The van der Waals surface area contributed by atoms with Crippen LogP contribution in [0, 0.1) is 5.92 Å². The van der Waals surface area contributed by atoms with Gasteiger partial charge in [0.1, 0.15) is 5.54 Å². The van der Waals surface area contributed by atoms with Gasteiger partial charge < -0.3 is 16.4 Å². The first-order valence-electron chi connectivity index (χ1n) is 5.26. The van der Waals surface area contributed by atoms with Crippen molar-refractivity contribution >= 4 is 11.8 Å². The third-order valence-corrected chi connectivity index (χ3v) is 2.72. The molecule has 1 aliphatic rings. The van der Waals surface area contributed by atoms with Gasteiger partial charge in [-0.1, -0.05) is 0 Å². The van der Waals surface area contributed by atoms with Crippen molar-refractivity contribution in [2.24, 2.45) is 11.7 Å². The minimum atomic E-state index is -0.964. The number of carbonyl (C=O) groups is 2. The van der Waals surface area contributed by atoms with Crippen LogP contribution in [-0.4, -0.2) is 30.4 Å². The third kappa shape index (κ3) is 3.20. The number of rotatable bonds is 3.